The van der Waals surface area contributed by atoms with E-state index in [1.807, 2.05) is 24.3 Å². The number of nitrogens with one attached hydrogen (secondary N) is 1. The number of rotatable bonds is 9. The first-order chi connectivity index (χ1) is 11.2. The van der Waals surface area contributed by atoms with Crippen LogP contribution in [-0.2, 0) is 11.3 Å². The van der Waals surface area contributed by atoms with Gasteiger partial charge in [0.25, 0.3) is 0 Å². The summed E-state index contributed by atoms with van der Waals surface area (Å²) < 4.78 is 19.3. The van der Waals surface area contributed by atoms with Gasteiger partial charge in [0, 0.05) is 5.02 Å². The normalized spacial score (nSPS) is 20.2. The highest BCUT2D eigenvalue weighted by Gasteiger charge is 2.12. The van der Waals surface area contributed by atoms with Crippen molar-refractivity contribution in [1.29, 1.82) is 0 Å². The molecule has 0 amide bonds. The van der Waals surface area contributed by atoms with Crippen LogP contribution < -0.4 is 5.32 Å². The minimum absolute atomic E-state index is 0.188. The second-order valence-electron chi connectivity index (χ2n) is 6.59. The number of halogens is 2. The van der Waals surface area contributed by atoms with Crippen molar-refractivity contribution < 1.29 is 9.13 Å². The molecule has 1 aromatic carbocycles. The fraction of sp³-hybridized carbons (Fsp3) is 0.684. The highest BCUT2D eigenvalue weighted by Crippen LogP contribution is 2.19. The summed E-state index contributed by atoms with van der Waals surface area (Å²) in [6.07, 6.45) is 7.04. The predicted molar refractivity (Wildman–Crippen MR) is 94.7 cm³/mol. The Labute approximate surface area is 144 Å². The molecule has 1 aliphatic rings. The van der Waals surface area contributed by atoms with Gasteiger partial charge in [0.05, 0.1) is 13.2 Å². The molecule has 2 atom stereocenters. The van der Waals surface area contributed by atoms with Crippen LogP contribution in [0.15, 0.2) is 24.3 Å². The molecule has 1 heterocycles. The summed E-state index contributed by atoms with van der Waals surface area (Å²) in [5.41, 5.74) is 1.03. The molecule has 23 heavy (non-hydrogen) atoms. The van der Waals surface area contributed by atoms with E-state index in [-0.39, 0.29) is 6.61 Å². The first kappa shape index (κ1) is 18.7. The number of unbranched alkanes of at least 4 members (excludes halogenated alkanes) is 1. The first-order valence-corrected chi connectivity index (χ1v) is 9.29. The van der Waals surface area contributed by atoms with Crippen molar-refractivity contribution in [2.24, 2.45) is 5.92 Å². The van der Waals surface area contributed by atoms with Gasteiger partial charge in [-0.25, -0.2) is 4.39 Å². The topological polar surface area (TPSA) is 21.3 Å². The van der Waals surface area contributed by atoms with Crippen LogP contribution in [0.1, 0.15) is 50.5 Å². The van der Waals surface area contributed by atoms with Crippen molar-refractivity contribution >= 4 is 11.6 Å². The van der Waals surface area contributed by atoms with Crippen LogP contribution in [0.3, 0.4) is 0 Å². The third-order valence-corrected chi connectivity index (χ3v) is 4.76. The molecule has 1 saturated heterocycles. The van der Waals surface area contributed by atoms with Crippen molar-refractivity contribution in [3.8, 4) is 0 Å². The van der Waals surface area contributed by atoms with Crippen molar-refractivity contribution in [3.05, 3.63) is 34.9 Å². The minimum Gasteiger partial charge on any atom is -0.374 e. The van der Waals surface area contributed by atoms with E-state index in [1.165, 1.54) is 25.7 Å². The molecule has 0 aromatic heterocycles. The van der Waals surface area contributed by atoms with Gasteiger partial charge in [-0.1, -0.05) is 43.0 Å². The van der Waals surface area contributed by atoms with Gasteiger partial charge in [0.15, 0.2) is 0 Å². The van der Waals surface area contributed by atoms with Crippen LogP contribution in [0.2, 0.25) is 5.02 Å². The lowest BCUT2D eigenvalue weighted by atomic mass is 9.96. The minimum atomic E-state index is -0.852. The van der Waals surface area contributed by atoms with Crippen molar-refractivity contribution in [3.63, 3.8) is 0 Å². The van der Waals surface area contributed by atoms with Gasteiger partial charge in [0.1, 0.15) is 6.17 Å². The van der Waals surface area contributed by atoms with Crippen molar-refractivity contribution in [2.45, 2.75) is 57.7 Å². The van der Waals surface area contributed by atoms with Crippen LogP contribution in [-0.4, -0.2) is 25.9 Å². The molecule has 0 bridgehead atoms. The Morgan fingerprint density at radius 1 is 1.22 bits per heavy atom. The van der Waals surface area contributed by atoms with Gasteiger partial charge in [0.2, 0.25) is 0 Å². The van der Waals surface area contributed by atoms with E-state index in [1.54, 1.807) is 0 Å². The summed E-state index contributed by atoms with van der Waals surface area (Å²) in [5.74, 6) is 0.789. The van der Waals surface area contributed by atoms with Crippen LogP contribution in [0.25, 0.3) is 0 Å². The third kappa shape index (κ3) is 8.14. The fourth-order valence-corrected chi connectivity index (χ4v) is 3.23. The highest BCUT2D eigenvalue weighted by atomic mass is 35.5. The first-order valence-electron chi connectivity index (χ1n) is 8.91. The maximum absolute atomic E-state index is 13.8. The molecule has 130 valence electrons. The largest absolute Gasteiger partial charge is 0.374 e. The smallest absolute Gasteiger partial charge is 0.123 e. The molecule has 4 heteroatoms. The van der Waals surface area contributed by atoms with E-state index >= 15 is 0 Å². The molecule has 1 aromatic rings. The lowest BCUT2D eigenvalue weighted by Crippen LogP contribution is -2.20. The fourth-order valence-electron chi connectivity index (χ4n) is 3.11. The lowest BCUT2D eigenvalue weighted by molar-refractivity contribution is 0.0653. The van der Waals surface area contributed by atoms with Crippen molar-refractivity contribution in [2.75, 3.05) is 19.7 Å². The zero-order valence-electron chi connectivity index (χ0n) is 13.9. The molecular formula is C19H29ClFNO. The van der Waals surface area contributed by atoms with Crippen molar-refractivity contribution in [1.82, 2.24) is 5.32 Å². The summed E-state index contributed by atoms with van der Waals surface area (Å²) in [7, 11) is 0. The average Bonchev–Trinajstić information content (AvgIpc) is 2.82. The Kier molecular flexibility index (Phi) is 8.95. The van der Waals surface area contributed by atoms with Gasteiger partial charge in [-0.2, -0.15) is 0 Å². The number of alkyl halides is 1. The molecule has 1 N–H and O–H groups in total. The Morgan fingerprint density at radius 2 is 2.04 bits per heavy atom. The van der Waals surface area contributed by atoms with Crippen LogP contribution in [0.4, 0.5) is 4.39 Å². The van der Waals surface area contributed by atoms with E-state index in [2.05, 4.69) is 5.32 Å². The molecular weight excluding hydrogens is 313 g/mol. The number of benzene rings is 1. The summed E-state index contributed by atoms with van der Waals surface area (Å²) in [6, 6.07) is 7.48. The molecule has 2 rings (SSSR count). The Balaban J connectivity index is 1.49. The van der Waals surface area contributed by atoms with E-state index in [0.717, 1.165) is 37.4 Å². The summed E-state index contributed by atoms with van der Waals surface area (Å²) >= 11 is 5.83. The zero-order chi connectivity index (χ0) is 16.3. The Hall–Kier alpha value is -0.640. The van der Waals surface area contributed by atoms with Crippen LogP contribution in [0.5, 0.6) is 0 Å². The highest BCUT2D eigenvalue weighted by molar-refractivity contribution is 6.30. The quantitative estimate of drug-likeness (QED) is 0.627. The molecule has 1 fully saturated rings. The lowest BCUT2D eigenvalue weighted by Gasteiger charge is -2.14. The van der Waals surface area contributed by atoms with E-state index in [0.29, 0.717) is 18.1 Å². The summed E-state index contributed by atoms with van der Waals surface area (Å²) in [4.78, 5) is 0. The molecule has 0 spiro atoms. The summed E-state index contributed by atoms with van der Waals surface area (Å²) in [6.45, 7) is 2.94. The maximum Gasteiger partial charge on any atom is 0.123 e. The Bertz CT molecular complexity index is 418. The second kappa shape index (κ2) is 11.0. The number of hydrogen-bond acceptors (Lipinski definition) is 2. The van der Waals surface area contributed by atoms with Gasteiger partial charge < -0.3 is 10.1 Å². The van der Waals surface area contributed by atoms with Crippen LogP contribution >= 0.6 is 11.6 Å². The van der Waals surface area contributed by atoms with Crippen LogP contribution in [0, 0.1) is 5.92 Å². The van der Waals surface area contributed by atoms with Gasteiger partial charge >= 0.3 is 0 Å². The number of hydrogen-bond donors (Lipinski definition) is 1. The average molecular weight is 342 g/mol. The molecule has 0 aliphatic carbocycles. The molecule has 0 saturated carbocycles. The second-order valence-corrected chi connectivity index (χ2v) is 7.03. The van der Waals surface area contributed by atoms with Gasteiger partial charge in [-0.05, 0) is 62.4 Å². The Morgan fingerprint density at radius 3 is 2.87 bits per heavy atom. The maximum atomic E-state index is 13.8. The molecule has 2 nitrogen and oxygen atoms in total. The van der Waals surface area contributed by atoms with Gasteiger partial charge in [-0.15, -0.1) is 0 Å². The molecule has 1 unspecified atom stereocenters. The zero-order valence-corrected chi connectivity index (χ0v) is 14.7. The van der Waals surface area contributed by atoms with E-state index < -0.39 is 6.17 Å². The van der Waals surface area contributed by atoms with E-state index in [4.69, 9.17) is 16.3 Å². The third-order valence-electron chi connectivity index (χ3n) is 4.51. The summed E-state index contributed by atoms with van der Waals surface area (Å²) in [5, 5.41) is 4.20. The molecule has 1 aliphatic heterocycles. The van der Waals surface area contributed by atoms with Gasteiger partial charge in [-0.3, -0.25) is 0 Å². The standard InChI is InChI=1S/C19H29ClFNO/c20-18-10-8-17(9-11-18)14-23-15-19(21)7-2-1-5-16-6-3-4-12-22-13-16/h8-11,16,19,22H,1-7,12-15H2/t16?,19-/m1/s1. The monoisotopic (exact) mass is 341 g/mol. The van der Waals surface area contributed by atoms with E-state index in [9.17, 15) is 4.39 Å². The molecule has 0 radical (unpaired) electrons. The predicted octanol–water partition coefficient (Wildman–Crippen LogP) is 5.14. The SMILES string of the molecule is F[C@H](CCCCC1CCCCNC1)COCc1ccc(Cl)cc1. The number of ether oxygens (including phenoxy) is 1.